The van der Waals surface area contributed by atoms with Gasteiger partial charge in [0, 0.05) is 27.5 Å². The average Bonchev–Trinajstić information content (AvgIpc) is 3.53. The van der Waals surface area contributed by atoms with E-state index in [4.69, 9.17) is 18.9 Å². The van der Waals surface area contributed by atoms with Gasteiger partial charge in [0.15, 0.2) is 5.60 Å². The van der Waals surface area contributed by atoms with E-state index in [0.29, 0.717) is 0 Å². The largest absolute Gasteiger partial charge is 0.497 e. The van der Waals surface area contributed by atoms with Gasteiger partial charge in [0.2, 0.25) is 0 Å². The van der Waals surface area contributed by atoms with E-state index in [9.17, 15) is 0 Å². The van der Waals surface area contributed by atoms with Crippen LogP contribution in [0.4, 0.5) is 0 Å². The van der Waals surface area contributed by atoms with E-state index in [-0.39, 0.29) is 5.41 Å². The third kappa shape index (κ3) is 4.28. The molecule has 0 atom stereocenters. The molecule has 2 aliphatic carbocycles. The van der Waals surface area contributed by atoms with Crippen molar-refractivity contribution < 1.29 is 18.9 Å². The van der Waals surface area contributed by atoms with Gasteiger partial charge in [0.25, 0.3) is 0 Å². The quantitative estimate of drug-likeness (QED) is 0.178. The van der Waals surface area contributed by atoms with Crippen LogP contribution in [0, 0.1) is 6.92 Å². The Morgan fingerprint density at radius 1 is 0.545 bits per heavy atom. The number of fused-ring (bicyclic) bond motifs is 14. The maximum absolute atomic E-state index is 7.77. The molecule has 55 heavy (non-hydrogen) atoms. The van der Waals surface area contributed by atoms with Gasteiger partial charge in [0.05, 0.1) is 26.7 Å². The molecule has 0 amide bonds. The van der Waals surface area contributed by atoms with Gasteiger partial charge in [-0.1, -0.05) is 117 Å². The predicted octanol–water partition coefficient (Wildman–Crippen LogP) is 11.8. The van der Waals surface area contributed by atoms with Gasteiger partial charge in [-0.25, -0.2) is 0 Å². The molecule has 0 aromatic heterocycles. The summed E-state index contributed by atoms with van der Waals surface area (Å²) in [7, 11) is 5.14. The number of benzene rings is 7. The lowest BCUT2D eigenvalue weighted by Gasteiger charge is -2.53. The molecular weight excluding hydrogens is 677 g/mol. The maximum Gasteiger partial charge on any atom is 0.178 e. The average molecular weight is 719 g/mol. The van der Waals surface area contributed by atoms with E-state index in [1.165, 1.54) is 44.5 Å². The van der Waals surface area contributed by atoms with Gasteiger partial charge in [-0.05, 0) is 105 Å². The normalized spacial score (nSPS) is 16.0. The Kier molecular flexibility index (Phi) is 7.19. The number of hydrogen-bond donors (Lipinski definition) is 0. The Balaban J connectivity index is 1.39. The summed E-state index contributed by atoms with van der Waals surface area (Å²) in [6.45, 7) is 7.02. The highest BCUT2D eigenvalue weighted by molar-refractivity contribution is 6.10. The first kappa shape index (κ1) is 33.3. The molecule has 4 heteroatoms. The molecule has 0 unspecified atom stereocenters. The van der Waals surface area contributed by atoms with Crippen LogP contribution in [0.1, 0.15) is 58.4 Å². The van der Waals surface area contributed by atoms with Crippen LogP contribution in [0.3, 0.4) is 0 Å². The summed E-state index contributed by atoms with van der Waals surface area (Å²) >= 11 is 0. The third-order valence-electron chi connectivity index (χ3n) is 12.7. The van der Waals surface area contributed by atoms with E-state index >= 15 is 0 Å². The molecule has 0 saturated heterocycles. The lowest BCUT2D eigenvalue weighted by atomic mass is 9.49. The minimum atomic E-state index is -0.967. The molecule has 0 saturated carbocycles. The fourth-order valence-electron chi connectivity index (χ4n) is 10.3. The first-order chi connectivity index (χ1) is 26.8. The maximum atomic E-state index is 7.77. The molecule has 10 rings (SSSR count). The van der Waals surface area contributed by atoms with Crippen LogP contribution in [0.2, 0.25) is 0 Å². The topological polar surface area (TPSA) is 36.9 Å². The zero-order valence-electron chi connectivity index (χ0n) is 32.0. The van der Waals surface area contributed by atoms with Gasteiger partial charge in [-0.3, -0.25) is 0 Å². The SMILES string of the molecule is COc1ccc(C2(c3ccc(OC)cc3)C=Cc3c4c(c5cc(C)c(OC)cc5c3O2)-c2ccccc2C(C)(C)C42c3ccccc3-c3ccccc32)cc1. The highest BCUT2D eigenvalue weighted by Crippen LogP contribution is 2.69. The van der Waals surface area contributed by atoms with Crippen molar-refractivity contribution in [2.75, 3.05) is 21.3 Å². The van der Waals surface area contributed by atoms with Crippen LogP contribution >= 0.6 is 0 Å². The minimum absolute atomic E-state index is 0.364. The van der Waals surface area contributed by atoms with E-state index in [1.54, 1.807) is 21.3 Å². The molecule has 1 aliphatic heterocycles. The molecule has 7 aromatic carbocycles. The van der Waals surface area contributed by atoms with Crippen molar-refractivity contribution >= 4 is 16.8 Å². The molecule has 270 valence electrons. The summed E-state index contributed by atoms with van der Waals surface area (Å²) in [5, 5.41) is 2.15. The summed E-state index contributed by atoms with van der Waals surface area (Å²) in [6, 6.07) is 48.0. The molecule has 7 aromatic rings. The molecule has 3 aliphatic rings. The molecule has 0 radical (unpaired) electrons. The summed E-state index contributed by atoms with van der Waals surface area (Å²) in [5.41, 5.74) is 12.5. The summed E-state index contributed by atoms with van der Waals surface area (Å²) in [4.78, 5) is 0. The van der Waals surface area contributed by atoms with Gasteiger partial charge < -0.3 is 18.9 Å². The van der Waals surface area contributed by atoms with E-state index in [1.807, 2.05) is 24.3 Å². The smallest absolute Gasteiger partial charge is 0.178 e. The number of ether oxygens (including phenoxy) is 4. The van der Waals surface area contributed by atoms with Gasteiger partial charge in [-0.15, -0.1) is 0 Å². The summed E-state index contributed by atoms with van der Waals surface area (Å²) < 4.78 is 25.0. The lowest BCUT2D eigenvalue weighted by Crippen LogP contribution is -2.49. The third-order valence-corrected chi connectivity index (χ3v) is 12.7. The van der Waals surface area contributed by atoms with Crippen molar-refractivity contribution in [3.05, 3.63) is 184 Å². The molecule has 4 nitrogen and oxygen atoms in total. The molecule has 0 N–H and O–H groups in total. The van der Waals surface area contributed by atoms with Gasteiger partial charge in [0.1, 0.15) is 23.0 Å². The van der Waals surface area contributed by atoms with E-state index in [2.05, 4.69) is 142 Å². The minimum Gasteiger partial charge on any atom is -0.497 e. The van der Waals surface area contributed by atoms with Crippen molar-refractivity contribution in [3.8, 4) is 45.3 Å². The van der Waals surface area contributed by atoms with Crippen LogP contribution in [-0.2, 0) is 16.4 Å². The highest BCUT2D eigenvalue weighted by atomic mass is 16.5. The van der Waals surface area contributed by atoms with Crippen molar-refractivity contribution in [1.82, 2.24) is 0 Å². The van der Waals surface area contributed by atoms with Gasteiger partial charge in [-0.2, -0.15) is 0 Å². The van der Waals surface area contributed by atoms with Crippen molar-refractivity contribution in [1.29, 1.82) is 0 Å². The Hall–Kier alpha value is -6.26. The second kappa shape index (κ2) is 11.9. The van der Waals surface area contributed by atoms with E-state index < -0.39 is 11.0 Å². The second-order valence-electron chi connectivity index (χ2n) is 15.5. The fourth-order valence-corrected chi connectivity index (χ4v) is 10.3. The molecular formula is C51H42O4. The van der Waals surface area contributed by atoms with Crippen LogP contribution < -0.4 is 18.9 Å². The number of hydrogen-bond acceptors (Lipinski definition) is 4. The number of methoxy groups -OCH3 is 3. The Morgan fingerprint density at radius 2 is 1.07 bits per heavy atom. The zero-order chi connectivity index (χ0) is 37.7. The first-order valence-electron chi connectivity index (χ1n) is 18.9. The standard InChI is InChI=1S/C51H42O4/c1-31-29-40-41(30-45(31)54-6)48-39(27-28-50(55-48,32-19-23-34(52-4)24-20-32)33-21-25-35(53-5)26-22-33)47-46(40)38-15-9-10-16-42(38)49(2,3)51(47)43-17-11-7-13-36(43)37-14-8-12-18-44(37)51/h7-30H,1-6H3. The second-order valence-corrected chi connectivity index (χ2v) is 15.5. The molecule has 0 bridgehead atoms. The monoisotopic (exact) mass is 718 g/mol. The Bertz CT molecular complexity index is 2620. The van der Waals surface area contributed by atoms with Crippen molar-refractivity contribution in [2.24, 2.45) is 0 Å². The van der Waals surface area contributed by atoms with Crippen LogP contribution in [0.5, 0.6) is 23.0 Å². The van der Waals surface area contributed by atoms with E-state index in [0.717, 1.165) is 56.0 Å². The van der Waals surface area contributed by atoms with Crippen molar-refractivity contribution in [2.45, 2.75) is 37.2 Å². The molecule has 1 spiro atoms. The van der Waals surface area contributed by atoms with Crippen LogP contribution in [-0.4, -0.2) is 21.3 Å². The molecule has 1 heterocycles. The Morgan fingerprint density at radius 3 is 1.62 bits per heavy atom. The van der Waals surface area contributed by atoms with Crippen molar-refractivity contribution in [3.63, 3.8) is 0 Å². The summed E-state index contributed by atoms with van der Waals surface area (Å²) in [6.07, 6.45) is 4.59. The zero-order valence-corrected chi connectivity index (χ0v) is 32.0. The first-order valence-corrected chi connectivity index (χ1v) is 18.9. The predicted molar refractivity (Wildman–Crippen MR) is 222 cm³/mol. The number of rotatable bonds is 5. The number of aryl methyl sites for hydroxylation is 1. The fraction of sp³-hybridized carbons (Fsp3) is 0.176. The lowest BCUT2D eigenvalue weighted by molar-refractivity contribution is 0.163. The molecule has 0 fully saturated rings. The van der Waals surface area contributed by atoms with Gasteiger partial charge >= 0.3 is 0 Å². The summed E-state index contributed by atoms with van der Waals surface area (Å²) in [5.74, 6) is 3.23. The Labute approximate surface area is 322 Å². The van der Waals surface area contributed by atoms with Crippen LogP contribution in [0.25, 0.3) is 39.1 Å². The highest BCUT2D eigenvalue weighted by Gasteiger charge is 2.60. The van der Waals surface area contributed by atoms with Crippen LogP contribution in [0.15, 0.2) is 140 Å².